The lowest BCUT2D eigenvalue weighted by Gasteiger charge is -2.15. The molecule has 0 aliphatic rings. The predicted molar refractivity (Wildman–Crippen MR) is 200 cm³/mol. The van der Waals surface area contributed by atoms with Crippen molar-refractivity contribution in [2.45, 2.75) is 13.8 Å². The molecule has 0 spiro atoms. The summed E-state index contributed by atoms with van der Waals surface area (Å²) in [5.41, 5.74) is 15.7. The lowest BCUT2D eigenvalue weighted by atomic mass is 9.90. The summed E-state index contributed by atoms with van der Waals surface area (Å²) in [5, 5.41) is 2.13. The summed E-state index contributed by atoms with van der Waals surface area (Å²) in [6.45, 7) is 4.13. The molecule has 49 heavy (non-hydrogen) atoms. The van der Waals surface area contributed by atoms with Crippen molar-refractivity contribution in [3.63, 3.8) is 0 Å². The van der Waals surface area contributed by atoms with Crippen molar-refractivity contribution in [2.24, 2.45) is 0 Å². The minimum atomic E-state index is 0.902. The van der Waals surface area contributed by atoms with Crippen LogP contribution in [0.25, 0.3) is 83.3 Å². The summed E-state index contributed by atoms with van der Waals surface area (Å²) >= 11 is 0. The molecule has 5 heteroatoms. The van der Waals surface area contributed by atoms with Crippen LogP contribution in [0.15, 0.2) is 152 Å². The van der Waals surface area contributed by atoms with E-state index in [9.17, 15) is 0 Å². The van der Waals surface area contributed by atoms with E-state index < -0.39 is 0 Å². The van der Waals surface area contributed by atoms with Crippen molar-refractivity contribution < 1.29 is 0 Å². The third-order valence-electron chi connectivity index (χ3n) is 9.29. The maximum atomic E-state index is 5.08. The molecule has 232 valence electrons. The Hall–Kier alpha value is -6.46. The molecule has 0 atom stereocenters. The van der Waals surface area contributed by atoms with Gasteiger partial charge in [-0.3, -0.25) is 19.4 Å². The number of imidazole rings is 1. The van der Waals surface area contributed by atoms with Crippen LogP contribution in [0, 0.1) is 13.8 Å². The van der Waals surface area contributed by atoms with Gasteiger partial charge in [-0.25, -0.2) is 4.98 Å². The standard InChI is InChI=1S/C44H31N5/c1-28-18-19-37(29(2)47-28)35-24-34(25-36(26-35)39-27-32-15-9-20-45-41(32)43-38(39)16-10-21-46-43)31-13-8-14-33(23-31)44-42(30-11-4-3-5-12-30)48-40-17-6-7-22-49(40)44/h3-27H,1-2H3. The van der Waals surface area contributed by atoms with E-state index >= 15 is 0 Å². The summed E-state index contributed by atoms with van der Waals surface area (Å²) in [4.78, 5) is 19.4. The van der Waals surface area contributed by atoms with Crippen LogP contribution in [0.1, 0.15) is 11.4 Å². The molecule has 5 nitrogen and oxygen atoms in total. The Bertz CT molecular complexity index is 2690. The van der Waals surface area contributed by atoms with E-state index in [1.165, 1.54) is 0 Å². The molecule has 0 amide bonds. The van der Waals surface area contributed by atoms with Crippen LogP contribution in [0.2, 0.25) is 0 Å². The minimum Gasteiger partial charge on any atom is -0.299 e. The number of benzene rings is 4. The number of hydrogen-bond donors (Lipinski definition) is 0. The van der Waals surface area contributed by atoms with E-state index in [1.54, 1.807) is 0 Å². The molecule has 0 radical (unpaired) electrons. The highest BCUT2D eigenvalue weighted by Gasteiger charge is 2.18. The fourth-order valence-corrected chi connectivity index (χ4v) is 7.03. The molecule has 0 aliphatic heterocycles. The highest BCUT2D eigenvalue weighted by atomic mass is 15.0. The number of aromatic nitrogens is 5. The zero-order valence-corrected chi connectivity index (χ0v) is 27.2. The topological polar surface area (TPSA) is 56.0 Å². The van der Waals surface area contributed by atoms with E-state index in [0.717, 1.165) is 94.7 Å². The second-order valence-corrected chi connectivity index (χ2v) is 12.5. The van der Waals surface area contributed by atoms with Gasteiger partial charge < -0.3 is 0 Å². The van der Waals surface area contributed by atoms with Gasteiger partial charge in [-0.2, -0.15) is 0 Å². The molecule has 9 aromatic rings. The van der Waals surface area contributed by atoms with Crippen molar-refractivity contribution in [1.29, 1.82) is 0 Å². The number of aryl methyl sites for hydroxylation is 2. The summed E-state index contributed by atoms with van der Waals surface area (Å²) in [5.74, 6) is 0. The van der Waals surface area contributed by atoms with Crippen molar-refractivity contribution in [2.75, 3.05) is 0 Å². The maximum Gasteiger partial charge on any atom is 0.137 e. The summed E-state index contributed by atoms with van der Waals surface area (Å²) in [6.07, 6.45) is 5.77. The van der Waals surface area contributed by atoms with Crippen molar-refractivity contribution in [3.05, 3.63) is 163 Å². The van der Waals surface area contributed by atoms with Crippen molar-refractivity contribution in [1.82, 2.24) is 24.3 Å². The molecule has 0 bridgehead atoms. The quantitative estimate of drug-likeness (QED) is 0.178. The Labute approximate surface area is 284 Å². The molecule has 0 unspecified atom stereocenters. The van der Waals surface area contributed by atoms with Crippen LogP contribution in [0.4, 0.5) is 0 Å². The molecule has 4 aromatic carbocycles. The van der Waals surface area contributed by atoms with Gasteiger partial charge in [-0.1, -0.05) is 72.8 Å². The van der Waals surface area contributed by atoms with Crippen LogP contribution < -0.4 is 0 Å². The van der Waals surface area contributed by atoms with Gasteiger partial charge in [0.15, 0.2) is 0 Å². The first-order valence-electron chi connectivity index (χ1n) is 16.5. The number of pyridine rings is 4. The summed E-state index contributed by atoms with van der Waals surface area (Å²) in [7, 11) is 0. The molecule has 5 heterocycles. The Morgan fingerprint density at radius 1 is 0.490 bits per heavy atom. The molecule has 0 saturated carbocycles. The number of hydrogen-bond acceptors (Lipinski definition) is 4. The first-order chi connectivity index (χ1) is 24.1. The van der Waals surface area contributed by atoms with Crippen LogP contribution in [-0.2, 0) is 0 Å². The average Bonchev–Trinajstić information content (AvgIpc) is 3.55. The molecule has 0 fully saturated rings. The van der Waals surface area contributed by atoms with Crippen LogP contribution in [-0.4, -0.2) is 24.3 Å². The highest BCUT2D eigenvalue weighted by molar-refractivity contribution is 6.10. The third-order valence-corrected chi connectivity index (χ3v) is 9.29. The van der Waals surface area contributed by atoms with Crippen molar-refractivity contribution in [3.8, 4) is 55.9 Å². The second kappa shape index (κ2) is 11.7. The lowest BCUT2D eigenvalue weighted by Crippen LogP contribution is -1.94. The first kappa shape index (κ1) is 28.7. The molecular weight excluding hydrogens is 599 g/mol. The predicted octanol–water partition coefficient (Wildman–Crippen LogP) is 10.8. The Kier molecular flexibility index (Phi) is 6.83. The van der Waals surface area contributed by atoms with Crippen LogP contribution in [0.3, 0.4) is 0 Å². The molecule has 0 N–H and O–H groups in total. The Morgan fingerprint density at radius 3 is 2.06 bits per heavy atom. The van der Waals surface area contributed by atoms with Crippen molar-refractivity contribution >= 4 is 27.5 Å². The smallest absolute Gasteiger partial charge is 0.137 e. The van der Waals surface area contributed by atoms with Gasteiger partial charge in [0.25, 0.3) is 0 Å². The largest absolute Gasteiger partial charge is 0.299 e. The molecule has 9 rings (SSSR count). The summed E-state index contributed by atoms with van der Waals surface area (Å²) in [6, 6.07) is 47.0. The average molecular weight is 630 g/mol. The normalized spacial score (nSPS) is 11.5. The Balaban J connectivity index is 1.29. The number of rotatable bonds is 5. The van der Waals surface area contributed by atoms with Gasteiger partial charge in [-0.05, 0) is 102 Å². The number of fused-ring (bicyclic) bond motifs is 4. The molecule has 0 aliphatic carbocycles. The van der Waals surface area contributed by atoms with Gasteiger partial charge in [0, 0.05) is 57.4 Å². The van der Waals surface area contributed by atoms with E-state index in [4.69, 9.17) is 19.9 Å². The highest BCUT2D eigenvalue weighted by Crippen LogP contribution is 2.40. The Morgan fingerprint density at radius 2 is 1.20 bits per heavy atom. The lowest BCUT2D eigenvalue weighted by molar-refractivity contribution is 1.13. The minimum absolute atomic E-state index is 0.902. The third kappa shape index (κ3) is 5.04. The van der Waals surface area contributed by atoms with E-state index in [2.05, 4.69) is 127 Å². The van der Waals surface area contributed by atoms with Gasteiger partial charge in [0.2, 0.25) is 0 Å². The molecular formula is C44H31N5. The van der Waals surface area contributed by atoms with E-state index in [-0.39, 0.29) is 0 Å². The fourth-order valence-electron chi connectivity index (χ4n) is 7.03. The van der Waals surface area contributed by atoms with Gasteiger partial charge in [-0.15, -0.1) is 0 Å². The van der Waals surface area contributed by atoms with Crippen LogP contribution in [0.5, 0.6) is 0 Å². The maximum absolute atomic E-state index is 5.08. The summed E-state index contributed by atoms with van der Waals surface area (Å²) < 4.78 is 2.19. The van der Waals surface area contributed by atoms with E-state index in [1.807, 2.05) is 43.6 Å². The zero-order valence-electron chi connectivity index (χ0n) is 27.2. The molecule has 0 saturated heterocycles. The zero-order chi connectivity index (χ0) is 32.9. The fraction of sp³-hybridized carbons (Fsp3) is 0.0455. The SMILES string of the molecule is Cc1ccc(-c2cc(-c3cccc(-c4c(-c5ccccc5)nc5ccccn45)c3)cc(-c3cc4cccnc4c4ncccc34)c2)c(C)n1. The molecule has 5 aromatic heterocycles. The van der Waals surface area contributed by atoms with E-state index in [0.29, 0.717) is 0 Å². The van der Waals surface area contributed by atoms with Gasteiger partial charge in [0.1, 0.15) is 5.65 Å². The number of nitrogens with zero attached hydrogens (tertiary/aromatic N) is 5. The first-order valence-corrected chi connectivity index (χ1v) is 16.5. The van der Waals surface area contributed by atoms with Gasteiger partial charge in [0.05, 0.1) is 22.4 Å². The van der Waals surface area contributed by atoms with Gasteiger partial charge >= 0.3 is 0 Å². The second-order valence-electron chi connectivity index (χ2n) is 12.5. The monoisotopic (exact) mass is 629 g/mol. The van der Waals surface area contributed by atoms with Crippen LogP contribution >= 0.6 is 0 Å².